The summed E-state index contributed by atoms with van der Waals surface area (Å²) in [6.45, 7) is 2.73. The third-order valence-electron chi connectivity index (χ3n) is 3.23. The van der Waals surface area contributed by atoms with Gasteiger partial charge in [-0.15, -0.1) is 0 Å². The lowest BCUT2D eigenvalue weighted by Crippen LogP contribution is -2.47. The van der Waals surface area contributed by atoms with E-state index in [0.29, 0.717) is 18.9 Å². The van der Waals surface area contributed by atoms with E-state index in [9.17, 15) is 9.59 Å². The number of rotatable bonds is 8. The molecule has 2 amide bonds. The Kier molecular flexibility index (Phi) is 6.32. The number of hydrogen-bond donors (Lipinski definition) is 3. The van der Waals surface area contributed by atoms with E-state index in [2.05, 4.69) is 17.6 Å². The lowest BCUT2D eigenvalue weighted by molar-refractivity contribution is -0.139. The van der Waals surface area contributed by atoms with E-state index in [-0.39, 0.29) is 6.03 Å². The fraction of sp³-hybridized carbons (Fsp3) is 0.833. The fourth-order valence-electron chi connectivity index (χ4n) is 1.79. The molecule has 6 heteroatoms. The van der Waals surface area contributed by atoms with Crippen molar-refractivity contribution in [1.82, 2.24) is 10.6 Å². The lowest BCUT2D eigenvalue weighted by Gasteiger charge is -2.16. The SMILES string of the molecule is CSCCC(NC(=O)NCC(C)C1CC1)C(=O)O. The molecule has 1 saturated carbocycles. The average Bonchev–Trinajstić information content (AvgIpc) is 3.15. The first-order valence-electron chi connectivity index (χ1n) is 6.30. The van der Waals surface area contributed by atoms with E-state index < -0.39 is 12.0 Å². The maximum absolute atomic E-state index is 11.6. The van der Waals surface area contributed by atoms with Crippen molar-refractivity contribution < 1.29 is 14.7 Å². The summed E-state index contributed by atoms with van der Waals surface area (Å²) in [5.41, 5.74) is 0. The minimum absolute atomic E-state index is 0.379. The van der Waals surface area contributed by atoms with E-state index in [1.165, 1.54) is 12.8 Å². The van der Waals surface area contributed by atoms with Crippen LogP contribution in [0.1, 0.15) is 26.2 Å². The molecule has 18 heavy (non-hydrogen) atoms. The fourth-order valence-corrected chi connectivity index (χ4v) is 2.26. The van der Waals surface area contributed by atoms with Crippen LogP contribution in [0.2, 0.25) is 0 Å². The van der Waals surface area contributed by atoms with E-state index in [1.54, 1.807) is 11.8 Å². The number of hydrogen-bond acceptors (Lipinski definition) is 3. The summed E-state index contributed by atoms with van der Waals surface area (Å²) in [7, 11) is 0. The minimum Gasteiger partial charge on any atom is -0.480 e. The van der Waals surface area contributed by atoms with Crippen molar-refractivity contribution in [1.29, 1.82) is 0 Å². The van der Waals surface area contributed by atoms with Gasteiger partial charge in [0.15, 0.2) is 0 Å². The second kappa shape index (κ2) is 7.51. The molecule has 104 valence electrons. The average molecular weight is 274 g/mol. The maximum atomic E-state index is 11.6. The maximum Gasteiger partial charge on any atom is 0.326 e. The van der Waals surface area contributed by atoms with Gasteiger partial charge in [-0.3, -0.25) is 0 Å². The number of carbonyl (C=O) groups excluding carboxylic acids is 1. The van der Waals surface area contributed by atoms with Crippen LogP contribution in [0.3, 0.4) is 0 Å². The number of nitrogens with one attached hydrogen (secondary N) is 2. The van der Waals surface area contributed by atoms with Crippen molar-refractivity contribution in [2.45, 2.75) is 32.2 Å². The van der Waals surface area contributed by atoms with E-state index in [4.69, 9.17) is 5.11 Å². The molecule has 3 N–H and O–H groups in total. The van der Waals surface area contributed by atoms with Gasteiger partial charge < -0.3 is 15.7 Å². The first-order chi connectivity index (χ1) is 8.54. The smallest absolute Gasteiger partial charge is 0.326 e. The third-order valence-corrected chi connectivity index (χ3v) is 3.87. The predicted molar refractivity (Wildman–Crippen MR) is 72.8 cm³/mol. The zero-order valence-electron chi connectivity index (χ0n) is 10.9. The molecule has 5 nitrogen and oxygen atoms in total. The van der Waals surface area contributed by atoms with Gasteiger partial charge in [0.05, 0.1) is 0 Å². The van der Waals surface area contributed by atoms with Crippen molar-refractivity contribution in [3.8, 4) is 0 Å². The number of aliphatic carboxylic acids is 1. The molecule has 0 aromatic rings. The van der Waals surface area contributed by atoms with Gasteiger partial charge in [0, 0.05) is 6.54 Å². The van der Waals surface area contributed by atoms with Gasteiger partial charge in [-0.2, -0.15) is 11.8 Å². The first-order valence-corrected chi connectivity index (χ1v) is 7.70. The summed E-state index contributed by atoms with van der Waals surface area (Å²) in [4.78, 5) is 22.5. The highest BCUT2D eigenvalue weighted by molar-refractivity contribution is 7.98. The Bertz CT molecular complexity index is 295. The van der Waals surface area contributed by atoms with Gasteiger partial charge in [0.25, 0.3) is 0 Å². The number of carbonyl (C=O) groups is 2. The summed E-state index contributed by atoms with van der Waals surface area (Å²) in [6, 6.07) is -1.18. The van der Waals surface area contributed by atoms with E-state index in [1.807, 2.05) is 6.26 Å². The highest BCUT2D eigenvalue weighted by Crippen LogP contribution is 2.35. The highest BCUT2D eigenvalue weighted by Gasteiger charge is 2.28. The summed E-state index contributed by atoms with van der Waals surface area (Å²) < 4.78 is 0. The Morgan fingerprint density at radius 2 is 2.11 bits per heavy atom. The molecule has 0 aromatic carbocycles. The molecule has 2 atom stereocenters. The molecule has 2 unspecified atom stereocenters. The van der Waals surface area contributed by atoms with E-state index in [0.717, 1.165) is 11.7 Å². The Morgan fingerprint density at radius 1 is 1.44 bits per heavy atom. The number of carboxylic acid groups (broad SMARTS) is 1. The van der Waals surface area contributed by atoms with E-state index >= 15 is 0 Å². The lowest BCUT2D eigenvalue weighted by atomic mass is 10.1. The van der Waals surface area contributed by atoms with Crippen molar-refractivity contribution >= 4 is 23.8 Å². The van der Waals surface area contributed by atoms with Gasteiger partial charge in [-0.1, -0.05) is 6.92 Å². The highest BCUT2D eigenvalue weighted by atomic mass is 32.2. The zero-order valence-corrected chi connectivity index (χ0v) is 11.8. The van der Waals surface area contributed by atoms with Crippen LogP contribution in [0.5, 0.6) is 0 Å². The second-order valence-electron chi connectivity index (χ2n) is 4.84. The molecule has 0 bridgehead atoms. The molecule has 0 aliphatic heterocycles. The second-order valence-corrected chi connectivity index (χ2v) is 5.83. The Labute approximate surface area is 112 Å². The van der Waals surface area contributed by atoms with Gasteiger partial charge in [-0.05, 0) is 43.1 Å². The number of thioether (sulfide) groups is 1. The van der Waals surface area contributed by atoms with Crippen LogP contribution in [0, 0.1) is 11.8 Å². The quantitative estimate of drug-likeness (QED) is 0.627. The summed E-state index contributed by atoms with van der Waals surface area (Å²) in [5, 5.41) is 14.2. The van der Waals surface area contributed by atoms with Crippen LogP contribution in [-0.4, -0.2) is 41.7 Å². The third kappa shape index (κ3) is 5.62. The summed E-state index contributed by atoms with van der Waals surface area (Å²) >= 11 is 1.57. The van der Waals surface area contributed by atoms with Crippen molar-refractivity contribution in [3.05, 3.63) is 0 Å². The largest absolute Gasteiger partial charge is 0.480 e. The number of amides is 2. The molecule has 1 aliphatic carbocycles. The molecule has 0 aromatic heterocycles. The molecule has 0 saturated heterocycles. The summed E-state index contributed by atoms with van der Waals surface area (Å²) in [5.74, 6) is 0.951. The molecule has 1 rings (SSSR count). The zero-order chi connectivity index (χ0) is 13.5. The molecule has 1 aliphatic rings. The van der Waals surface area contributed by atoms with Crippen molar-refractivity contribution in [3.63, 3.8) is 0 Å². The van der Waals surface area contributed by atoms with Crippen molar-refractivity contribution in [2.75, 3.05) is 18.6 Å². The predicted octanol–water partition coefficient (Wildman–Crippen LogP) is 1.54. The summed E-state index contributed by atoms with van der Waals surface area (Å²) in [6.07, 6.45) is 4.85. The Hall–Kier alpha value is -0.910. The normalized spacial score (nSPS) is 17.9. The number of carboxylic acids is 1. The van der Waals surface area contributed by atoms with Gasteiger partial charge in [0.1, 0.15) is 6.04 Å². The number of urea groups is 1. The van der Waals surface area contributed by atoms with Crippen LogP contribution in [-0.2, 0) is 4.79 Å². The van der Waals surface area contributed by atoms with Crippen LogP contribution < -0.4 is 10.6 Å². The monoisotopic (exact) mass is 274 g/mol. The molecule has 0 radical (unpaired) electrons. The molecule has 0 spiro atoms. The molecular formula is C12H22N2O3S. The van der Waals surface area contributed by atoms with Crippen LogP contribution in [0.4, 0.5) is 4.79 Å². The van der Waals surface area contributed by atoms with Gasteiger partial charge in [-0.25, -0.2) is 9.59 Å². The van der Waals surface area contributed by atoms with Crippen LogP contribution in [0.15, 0.2) is 0 Å². The first kappa shape index (κ1) is 15.1. The van der Waals surface area contributed by atoms with Crippen molar-refractivity contribution in [2.24, 2.45) is 11.8 Å². The minimum atomic E-state index is -0.977. The Balaban J connectivity index is 2.24. The molecule has 0 heterocycles. The topological polar surface area (TPSA) is 78.4 Å². The Morgan fingerprint density at radius 3 is 2.61 bits per heavy atom. The standard InChI is InChI=1S/C12H22N2O3S/c1-8(9-3-4-9)7-13-12(17)14-10(11(15)16)5-6-18-2/h8-10H,3-7H2,1-2H3,(H,15,16)(H2,13,14,17). The van der Waals surface area contributed by atoms with Gasteiger partial charge >= 0.3 is 12.0 Å². The van der Waals surface area contributed by atoms with Crippen LogP contribution >= 0.6 is 11.8 Å². The molecule has 1 fully saturated rings. The van der Waals surface area contributed by atoms with Crippen LogP contribution in [0.25, 0.3) is 0 Å². The molecular weight excluding hydrogens is 252 g/mol. The van der Waals surface area contributed by atoms with Gasteiger partial charge in [0.2, 0.25) is 0 Å².